The van der Waals surface area contributed by atoms with E-state index in [9.17, 15) is 4.79 Å². The molecule has 0 fully saturated rings. The van der Waals surface area contributed by atoms with E-state index in [-0.39, 0.29) is 6.61 Å². The number of halogens is 1. The first-order valence-corrected chi connectivity index (χ1v) is 4.50. The molecule has 4 nitrogen and oxygen atoms in total. The van der Waals surface area contributed by atoms with Gasteiger partial charge < -0.3 is 10.5 Å². The summed E-state index contributed by atoms with van der Waals surface area (Å²) in [5.41, 5.74) is 5.69. The van der Waals surface area contributed by atoms with Crippen LogP contribution in [0.4, 0.5) is 10.5 Å². The van der Waals surface area contributed by atoms with Gasteiger partial charge >= 0.3 is 6.09 Å². The molecule has 0 radical (unpaired) electrons. The second-order valence-corrected chi connectivity index (χ2v) is 2.94. The minimum absolute atomic E-state index is 0.191. The van der Waals surface area contributed by atoms with Gasteiger partial charge in [-0.15, -0.1) is 0 Å². The SMILES string of the molecule is NCCOC(=O)Nc1ccccc1Cl. The van der Waals surface area contributed by atoms with Gasteiger partial charge in [0.15, 0.2) is 0 Å². The van der Waals surface area contributed by atoms with E-state index in [0.717, 1.165) is 0 Å². The maximum Gasteiger partial charge on any atom is 0.411 e. The topological polar surface area (TPSA) is 64.3 Å². The molecule has 3 N–H and O–H groups in total. The molecule has 14 heavy (non-hydrogen) atoms. The number of rotatable bonds is 3. The quantitative estimate of drug-likeness (QED) is 0.807. The molecule has 5 heteroatoms. The highest BCUT2D eigenvalue weighted by Crippen LogP contribution is 2.20. The lowest BCUT2D eigenvalue weighted by molar-refractivity contribution is 0.165. The molecular formula is C9H11ClN2O2. The van der Waals surface area contributed by atoms with Crippen molar-refractivity contribution in [3.05, 3.63) is 29.3 Å². The maximum atomic E-state index is 11.1. The zero-order valence-corrected chi connectivity index (χ0v) is 8.25. The van der Waals surface area contributed by atoms with Crippen LogP contribution in [-0.2, 0) is 4.74 Å². The lowest BCUT2D eigenvalue weighted by Crippen LogP contribution is -2.18. The highest BCUT2D eigenvalue weighted by Gasteiger charge is 2.04. The number of anilines is 1. The van der Waals surface area contributed by atoms with Crippen LogP contribution in [0, 0.1) is 0 Å². The van der Waals surface area contributed by atoms with E-state index in [2.05, 4.69) is 5.32 Å². The fraction of sp³-hybridized carbons (Fsp3) is 0.222. The number of carbonyl (C=O) groups is 1. The molecule has 0 aromatic heterocycles. The first-order chi connectivity index (χ1) is 6.74. The summed E-state index contributed by atoms with van der Waals surface area (Å²) in [6.07, 6.45) is -0.552. The fourth-order valence-corrected chi connectivity index (χ4v) is 1.04. The van der Waals surface area contributed by atoms with Crippen LogP contribution in [0.15, 0.2) is 24.3 Å². The van der Waals surface area contributed by atoms with Gasteiger partial charge in [-0.2, -0.15) is 0 Å². The molecule has 76 valence electrons. The second-order valence-electron chi connectivity index (χ2n) is 2.53. The molecule has 0 atom stereocenters. The zero-order valence-electron chi connectivity index (χ0n) is 7.50. The summed E-state index contributed by atoms with van der Waals surface area (Å²) >= 11 is 5.81. The molecule has 1 amide bonds. The number of benzene rings is 1. The van der Waals surface area contributed by atoms with Crippen LogP contribution >= 0.6 is 11.6 Å². The summed E-state index contributed by atoms with van der Waals surface area (Å²) in [5, 5.41) is 2.97. The molecular weight excluding hydrogens is 204 g/mol. The van der Waals surface area contributed by atoms with Crippen molar-refractivity contribution in [3.63, 3.8) is 0 Å². The Hall–Kier alpha value is -1.26. The highest BCUT2D eigenvalue weighted by atomic mass is 35.5. The summed E-state index contributed by atoms with van der Waals surface area (Å²) in [5.74, 6) is 0. The van der Waals surface area contributed by atoms with Crippen LogP contribution in [0.2, 0.25) is 5.02 Å². The molecule has 0 aliphatic rings. The van der Waals surface area contributed by atoms with Gasteiger partial charge in [-0.05, 0) is 12.1 Å². The van der Waals surface area contributed by atoms with Gasteiger partial charge in [-0.25, -0.2) is 4.79 Å². The number of amides is 1. The summed E-state index contributed by atoms with van der Waals surface area (Å²) in [6.45, 7) is 0.492. The lowest BCUT2D eigenvalue weighted by atomic mass is 10.3. The number of ether oxygens (including phenoxy) is 1. The van der Waals surface area contributed by atoms with Crippen molar-refractivity contribution in [2.24, 2.45) is 5.73 Å². The van der Waals surface area contributed by atoms with Gasteiger partial charge in [0.25, 0.3) is 0 Å². The van der Waals surface area contributed by atoms with Crippen molar-refractivity contribution < 1.29 is 9.53 Å². The molecule has 0 unspecified atom stereocenters. The Balaban J connectivity index is 2.52. The van der Waals surface area contributed by atoms with Crippen molar-refractivity contribution >= 4 is 23.4 Å². The third-order valence-corrected chi connectivity index (χ3v) is 1.79. The molecule has 0 aliphatic heterocycles. The Morgan fingerprint density at radius 2 is 2.21 bits per heavy atom. The predicted octanol–water partition coefficient (Wildman–Crippen LogP) is 1.85. The molecule has 0 saturated heterocycles. The van der Waals surface area contributed by atoms with Crippen LogP contribution in [0.1, 0.15) is 0 Å². The average Bonchev–Trinajstić information content (AvgIpc) is 2.18. The molecule has 0 bridgehead atoms. The van der Waals surface area contributed by atoms with Crippen molar-refractivity contribution in [1.82, 2.24) is 0 Å². The molecule has 1 rings (SSSR count). The first kappa shape index (κ1) is 10.8. The van der Waals surface area contributed by atoms with Gasteiger partial charge in [0, 0.05) is 6.54 Å². The van der Waals surface area contributed by atoms with Crippen LogP contribution in [0.3, 0.4) is 0 Å². The van der Waals surface area contributed by atoms with Crippen LogP contribution in [0.5, 0.6) is 0 Å². The van der Waals surface area contributed by atoms with Gasteiger partial charge in [0.2, 0.25) is 0 Å². The maximum absolute atomic E-state index is 11.1. The monoisotopic (exact) mass is 214 g/mol. The minimum atomic E-state index is -0.552. The van der Waals surface area contributed by atoms with Gasteiger partial charge in [-0.1, -0.05) is 23.7 Å². The van der Waals surface area contributed by atoms with Crippen LogP contribution < -0.4 is 11.1 Å². The Labute approximate surface area is 87.0 Å². The van der Waals surface area contributed by atoms with Crippen molar-refractivity contribution in [2.75, 3.05) is 18.5 Å². The summed E-state index contributed by atoms with van der Waals surface area (Å²) in [7, 11) is 0. The van der Waals surface area contributed by atoms with Crippen molar-refractivity contribution in [3.8, 4) is 0 Å². The number of para-hydroxylation sites is 1. The summed E-state index contributed by atoms with van der Waals surface area (Å²) in [4.78, 5) is 11.1. The number of hydrogen-bond acceptors (Lipinski definition) is 3. The van der Waals surface area contributed by atoms with E-state index in [1.807, 2.05) is 0 Å². The number of nitrogens with two attached hydrogens (primary N) is 1. The predicted molar refractivity (Wildman–Crippen MR) is 55.5 cm³/mol. The summed E-state index contributed by atoms with van der Waals surface area (Å²) in [6, 6.07) is 6.91. The largest absolute Gasteiger partial charge is 0.448 e. The Morgan fingerprint density at radius 3 is 2.86 bits per heavy atom. The van der Waals surface area contributed by atoms with E-state index in [1.165, 1.54) is 0 Å². The van der Waals surface area contributed by atoms with Gasteiger partial charge in [0.1, 0.15) is 6.61 Å². The Bertz CT molecular complexity index is 317. The number of nitrogens with one attached hydrogen (secondary N) is 1. The van der Waals surface area contributed by atoms with Gasteiger partial charge in [-0.3, -0.25) is 5.32 Å². The standard InChI is InChI=1S/C9H11ClN2O2/c10-7-3-1-2-4-8(7)12-9(13)14-6-5-11/h1-4H,5-6,11H2,(H,12,13). The highest BCUT2D eigenvalue weighted by molar-refractivity contribution is 6.33. The first-order valence-electron chi connectivity index (χ1n) is 4.12. The van der Waals surface area contributed by atoms with E-state index in [4.69, 9.17) is 22.1 Å². The third-order valence-electron chi connectivity index (χ3n) is 1.46. The average molecular weight is 215 g/mol. The smallest absolute Gasteiger partial charge is 0.411 e. The molecule has 0 saturated carbocycles. The second kappa shape index (κ2) is 5.47. The summed E-state index contributed by atoms with van der Waals surface area (Å²) < 4.78 is 4.72. The normalized spacial score (nSPS) is 9.57. The molecule has 0 spiro atoms. The Kier molecular flexibility index (Phi) is 4.22. The third kappa shape index (κ3) is 3.24. The Morgan fingerprint density at radius 1 is 1.50 bits per heavy atom. The van der Waals surface area contributed by atoms with E-state index >= 15 is 0 Å². The van der Waals surface area contributed by atoms with Crippen molar-refractivity contribution in [2.45, 2.75) is 0 Å². The van der Waals surface area contributed by atoms with E-state index in [0.29, 0.717) is 17.3 Å². The fourth-order valence-electron chi connectivity index (χ4n) is 0.860. The molecule has 0 heterocycles. The molecule has 1 aromatic carbocycles. The molecule has 1 aromatic rings. The van der Waals surface area contributed by atoms with Crippen LogP contribution in [-0.4, -0.2) is 19.2 Å². The lowest BCUT2D eigenvalue weighted by Gasteiger charge is -2.06. The van der Waals surface area contributed by atoms with E-state index in [1.54, 1.807) is 24.3 Å². The zero-order chi connectivity index (χ0) is 10.4. The van der Waals surface area contributed by atoms with Crippen LogP contribution in [0.25, 0.3) is 0 Å². The number of hydrogen-bond donors (Lipinski definition) is 2. The van der Waals surface area contributed by atoms with E-state index < -0.39 is 6.09 Å². The van der Waals surface area contributed by atoms with Gasteiger partial charge in [0.05, 0.1) is 10.7 Å². The minimum Gasteiger partial charge on any atom is -0.448 e. The van der Waals surface area contributed by atoms with Crippen molar-refractivity contribution in [1.29, 1.82) is 0 Å². The number of carbonyl (C=O) groups excluding carboxylic acids is 1. The molecule has 0 aliphatic carbocycles.